The van der Waals surface area contributed by atoms with Gasteiger partial charge in [-0.3, -0.25) is 0 Å². The SMILES string of the molecule is Cc1c(Cl)cc(C(=O)OC2CCOCC2)cc1S(=O)(=O)Cl. The highest BCUT2D eigenvalue weighted by Crippen LogP contribution is 2.28. The van der Waals surface area contributed by atoms with Gasteiger partial charge in [-0.05, 0) is 24.6 Å². The number of benzene rings is 1. The van der Waals surface area contributed by atoms with Crippen LogP contribution in [0, 0.1) is 6.92 Å². The normalized spacial score (nSPS) is 16.7. The van der Waals surface area contributed by atoms with Crippen molar-refractivity contribution in [3.63, 3.8) is 0 Å². The highest BCUT2D eigenvalue weighted by molar-refractivity contribution is 8.13. The molecule has 0 spiro atoms. The molecule has 0 bridgehead atoms. The van der Waals surface area contributed by atoms with Gasteiger partial charge in [0.1, 0.15) is 6.10 Å². The summed E-state index contributed by atoms with van der Waals surface area (Å²) in [6, 6.07) is 2.56. The van der Waals surface area contributed by atoms with Gasteiger partial charge in [0.05, 0.1) is 23.7 Å². The Morgan fingerprint density at radius 2 is 1.95 bits per heavy atom. The van der Waals surface area contributed by atoms with Crippen molar-refractivity contribution in [2.45, 2.75) is 30.8 Å². The standard InChI is InChI=1S/C13H14Cl2O5S/c1-8-11(14)6-9(7-12(8)21(15,17)18)13(16)20-10-2-4-19-5-3-10/h6-7,10H,2-5H2,1H3. The lowest BCUT2D eigenvalue weighted by Crippen LogP contribution is -2.26. The van der Waals surface area contributed by atoms with Gasteiger partial charge >= 0.3 is 5.97 Å². The van der Waals surface area contributed by atoms with E-state index in [9.17, 15) is 13.2 Å². The van der Waals surface area contributed by atoms with E-state index in [1.54, 1.807) is 0 Å². The highest BCUT2D eigenvalue weighted by Gasteiger charge is 2.23. The number of hydrogen-bond donors (Lipinski definition) is 0. The number of ether oxygens (including phenoxy) is 2. The van der Waals surface area contributed by atoms with Crippen LogP contribution < -0.4 is 0 Å². The molecule has 0 aliphatic carbocycles. The smallest absolute Gasteiger partial charge is 0.338 e. The maximum Gasteiger partial charge on any atom is 0.338 e. The van der Waals surface area contributed by atoms with Crippen LogP contribution in [0.25, 0.3) is 0 Å². The number of rotatable bonds is 3. The highest BCUT2D eigenvalue weighted by atomic mass is 35.7. The lowest BCUT2D eigenvalue weighted by Gasteiger charge is -2.22. The molecular formula is C13H14Cl2O5S. The van der Waals surface area contributed by atoms with E-state index >= 15 is 0 Å². The van der Waals surface area contributed by atoms with Crippen LogP contribution in [0.5, 0.6) is 0 Å². The molecule has 1 fully saturated rings. The zero-order valence-electron chi connectivity index (χ0n) is 11.3. The molecule has 0 atom stereocenters. The van der Waals surface area contributed by atoms with Gasteiger partial charge in [-0.1, -0.05) is 11.6 Å². The molecule has 1 heterocycles. The summed E-state index contributed by atoms with van der Waals surface area (Å²) >= 11 is 5.96. The van der Waals surface area contributed by atoms with Gasteiger partial charge in [0.15, 0.2) is 0 Å². The van der Waals surface area contributed by atoms with Crippen molar-refractivity contribution in [1.82, 2.24) is 0 Å². The first-order valence-corrected chi connectivity index (χ1v) is 9.01. The van der Waals surface area contributed by atoms with Gasteiger partial charge in [-0.25, -0.2) is 13.2 Å². The average molecular weight is 353 g/mol. The lowest BCUT2D eigenvalue weighted by molar-refractivity contribution is -0.0159. The molecule has 8 heteroatoms. The van der Waals surface area contributed by atoms with Crippen molar-refractivity contribution in [3.05, 3.63) is 28.3 Å². The molecule has 0 aromatic heterocycles. The summed E-state index contributed by atoms with van der Waals surface area (Å²) in [5, 5.41) is 0.149. The summed E-state index contributed by atoms with van der Waals surface area (Å²) in [4.78, 5) is 11.9. The number of hydrogen-bond acceptors (Lipinski definition) is 5. The van der Waals surface area contributed by atoms with Gasteiger partial charge in [0.25, 0.3) is 9.05 Å². The van der Waals surface area contributed by atoms with Crippen LogP contribution in [0.2, 0.25) is 5.02 Å². The second-order valence-electron chi connectivity index (χ2n) is 4.74. The van der Waals surface area contributed by atoms with Crippen molar-refractivity contribution >= 4 is 37.3 Å². The minimum Gasteiger partial charge on any atom is -0.459 e. The molecule has 1 aromatic rings. The first-order chi connectivity index (χ1) is 9.79. The molecule has 0 radical (unpaired) electrons. The molecule has 0 unspecified atom stereocenters. The molecule has 1 aliphatic rings. The van der Waals surface area contributed by atoms with Crippen LogP contribution in [-0.2, 0) is 18.5 Å². The number of carbonyl (C=O) groups is 1. The molecule has 0 amide bonds. The van der Waals surface area contributed by atoms with Crippen LogP contribution in [0.3, 0.4) is 0 Å². The number of carbonyl (C=O) groups excluding carboxylic acids is 1. The van der Waals surface area contributed by atoms with Crippen molar-refractivity contribution < 1.29 is 22.7 Å². The Morgan fingerprint density at radius 3 is 2.52 bits per heavy atom. The predicted octanol–water partition coefficient (Wildman–Crippen LogP) is 2.91. The second kappa shape index (κ2) is 6.52. The predicted molar refractivity (Wildman–Crippen MR) is 78.5 cm³/mol. The topological polar surface area (TPSA) is 69.7 Å². The Balaban J connectivity index is 2.27. The summed E-state index contributed by atoms with van der Waals surface area (Å²) in [6.07, 6.45) is 1.00. The number of halogens is 2. The van der Waals surface area contributed by atoms with E-state index < -0.39 is 15.0 Å². The summed E-state index contributed by atoms with van der Waals surface area (Å²) in [7, 11) is 1.36. The molecule has 116 valence electrons. The molecular weight excluding hydrogens is 339 g/mol. The summed E-state index contributed by atoms with van der Waals surface area (Å²) in [5.74, 6) is -0.620. The molecule has 1 aliphatic heterocycles. The minimum atomic E-state index is -3.99. The number of esters is 1. The minimum absolute atomic E-state index is 0.0660. The van der Waals surface area contributed by atoms with Crippen molar-refractivity contribution in [1.29, 1.82) is 0 Å². The van der Waals surface area contributed by atoms with E-state index in [2.05, 4.69) is 0 Å². The van der Waals surface area contributed by atoms with E-state index in [4.69, 9.17) is 31.8 Å². The third-order valence-corrected chi connectivity index (χ3v) is 5.08. The zero-order chi connectivity index (χ0) is 15.6. The first kappa shape index (κ1) is 16.5. The van der Waals surface area contributed by atoms with Crippen LogP contribution in [0.15, 0.2) is 17.0 Å². The Kier molecular flexibility index (Phi) is 5.14. The largest absolute Gasteiger partial charge is 0.459 e. The summed E-state index contributed by atoms with van der Waals surface area (Å²) in [6.45, 7) is 2.59. The summed E-state index contributed by atoms with van der Waals surface area (Å²) in [5.41, 5.74) is 0.366. The molecule has 5 nitrogen and oxygen atoms in total. The zero-order valence-corrected chi connectivity index (χ0v) is 13.6. The second-order valence-corrected chi connectivity index (χ2v) is 7.68. The third kappa shape index (κ3) is 4.10. The molecule has 0 saturated carbocycles. The Hall–Kier alpha value is -0.820. The van der Waals surface area contributed by atoms with Gasteiger partial charge in [0, 0.05) is 28.5 Å². The van der Waals surface area contributed by atoms with Crippen molar-refractivity contribution in [2.24, 2.45) is 0 Å². The summed E-state index contributed by atoms with van der Waals surface area (Å²) < 4.78 is 33.5. The van der Waals surface area contributed by atoms with Crippen LogP contribution in [-0.4, -0.2) is 33.7 Å². The maximum atomic E-state index is 12.1. The first-order valence-electron chi connectivity index (χ1n) is 6.32. The Morgan fingerprint density at radius 1 is 1.33 bits per heavy atom. The van der Waals surface area contributed by atoms with Crippen molar-refractivity contribution in [2.75, 3.05) is 13.2 Å². The van der Waals surface area contributed by atoms with Gasteiger partial charge < -0.3 is 9.47 Å². The quantitative estimate of drug-likeness (QED) is 0.617. The molecule has 1 aromatic carbocycles. The lowest BCUT2D eigenvalue weighted by atomic mass is 10.1. The van der Waals surface area contributed by atoms with Crippen LogP contribution in [0.4, 0.5) is 0 Å². The molecule has 2 rings (SSSR count). The Bertz CT molecular complexity index is 651. The fraction of sp³-hybridized carbons (Fsp3) is 0.462. The third-order valence-electron chi connectivity index (χ3n) is 3.24. The fourth-order valence-electron chi connectivity index (χ4n) is 2.04. The fourth-order valence-corrected chi connectivity index (χ4v) is 3.54. The van der Waals surface area contributed by atoms with E-state index in [1.165, 1.54) is 19.1 Å². The van der Waals surface area contributed by atoms with Gasteiger partial charge in [-0.15, -0.1) is 0 Å². The van der Waals surface area contributed by atoms with E-state index in [-0.39, 0.29) is 21.6 Å². The van der Waals surface area contributed by atoms with Crippen LogP contribution in [0.1, 0.15) is 28.8 Å². The van der Waals surface area contributed by atoms with Crippen molar-refractivity contribution in [3.8, 4) is 0 Å². The molecule has 21 heavy (non-hydrogen) atoms. The van der Waals surface area contributed by atoms with E-state index in [0.717, 1.165) is 0 Å². The average Bonchev–Trinajstić information content (AvgIpc) is 2.41. The van der Waals surface area contributed by atoms with Gasteiger partial charge in [0.2, 0.25) is 0 Å². The van der Waals surface area contributed by atoms with E-state index in [0.29, 0.717) is 31.6 Å². The Labute approximate surface area is 132 Å². The monoisotopic (exact) mass is 352 g/mol. The van der Waals surface area contributed by atoms with Crippen LogP contribution >= 0.6 is 22.3 Å². The maximum absolute atomic E-state index is 12.1. The molecule has 0 N–H and O–H groups in total. The van der Waals surface area contributed by atoms with E-state index in [1.807, 2.05) is 0 Å². The van der Waals surface area contributed by atoms with Gasteiger partial charge in [-0.2, -0.15) is 0 Å². The molecule has 1 saturated heterocycles.